The lowest BCUT2D eigenvalue weighted by Gasteiger charge is -2.28. The summed E-state index contributed by atoms with van der Waals surface area (Å²) < 4.78 is 6.65. The molecule has 0 atom stereocenters. The Morgan fingerprint density at radius 1 is 1.06 bits per heavy atom. The highest BCUT2D eigenvalue weighted by Gasteiger charge is 2.21. The zero-order valence-electron chi connectivity index (χ0n) is 17.3. The summed E-state index contributed by atoms with van der Waals surface area (Å²) in [6.07, 6.45) is 1.83. The molecule has 0 amide bonds. The summed E-state index contributed by atoms with van der Waals surface area (Å²) in [7, 11) is 0. The number of H-pyrrole nitrogens is 1. The molecular formula is C24H21N5O2S. The molecule has 8 heteroatoms. The minimum atomic E-state index is 0.0242. The van der Waals surface area contributed by atoms with Crippen molar-refractivity contribution in [3.8, 4) is 21.8 Å². The van der Waals surface area contributed by atoms with Gasteiger partial charge in [0, 0.05) is 28.9 Å². The van der Waals surface area contributed by atoms with Crippen LogP contribution in [-0.4, -0.2) is 51.6 Å². The molecule has 160 valence electrons. The Morgan fingerprint density at radius 3 is 2.81 bits per heavy atom. The van der Waals surface area contributed by atoms with Crippen molar-refractivity contribution < 1.29 is 9.84 Å². The molecule has 2 N–H and O–H groups in total. The van der Waals surface area contributed by atoms with Gasteiger partial charge in [-0.2, -0.15) is 5.10 Å². The highest BCUT2D eigenvalue weighted by molar-refractivity contribution is 7.22. The molecule has 0 aliphatic carbocycles. The number of aliphatic hydroxyl groups excluding tert-OH is 1. The second-order valence-corrected chi connectivity index (χ2v) is 8.84. The van der Waals surface area contributed by atoms with Crippen LogP contribution in [-0.2, 0) is 11.3 Å². The SMILES string of the molecule is OCc1cccc(-c2cc3nc(-c4cccc5[nH]ncc45)nc(N4CCOCC4)c3s2)c1. The number of benzene rings is 2. The summed E-state index contributed by atoms with van der Waals surface area (Å²) in [6.45, 7) is 3.00. The van der Waals surface area contributed by atoms with Crippen LogP contribution in [0.5, 0.6) is 0 Å². The van der Waals surface area contributed by atoms with Crippen LogP contribution in [0.1, 0.15) is 5.56 Å². The van der Waals surface area contributed by atoms with Crippen LogP contribution in [0.25, 0.3) is 42.9 Å². The highest BCUT2D eigenvalue weighted by Crippen LogP contribution is 2.39. The normalized spacial score (nSPS) is 14.5. The second-order valence-electron chi connectivity index (χ2n) is 7.79. The number of aromatic nitrogens is 4. The molecule has 5 aromatic rings. The van der Waals surface area contributed by atoms with Crippen molar-refractivity contribution in [3.63, 3.8) is 0 Å². The minimum absolute atomic E-state index is 0.0242. The van der Waals surface area contributed by atoms with Gasteiger partial charge in [-0.3, -0.25) is 5.10 Å². The molecule has 4 heterocycles. The molecule has 0 radical (unpaired) electrons. The van der Waals surface area contributed by atoms with Gasteiger partial charge in [-0.1, -0.05) is 30.3 Å². The number of rotatable bonds is 4. The summed E-state index contributed by atoms with van der Waals surface area (Å²) in [6, 6.07) is 16.2. The van der Waals surface area contributed by atoms with Crippen LogP contribution in [0.15, 0.2) is 54.7 Å². The van der Waals surface area contributed by atoms with Crippen molar-refractivity contribution in [1.82, 2.24) is 20.2 Å². The Balaban J connectivity index is 1.56. The van der Waals surface area contributed by atoms with Crippen molar-refractivity contribution in [1.29, 1.82) is 0 Å². The Hall–Kier alpha value is -3.33. The van der Waals surface area contributed by atoms with Crippen LogP contribution in [0.3, 0.4) is 0 Å². The highest BCUT2D eigenvalue weighted by atomic mass is 32.1. The summed E-state index contributed by atoms with van der Waals surface area (Å²) in [5.41, 5.74) is 4.82. The lowest BCUT2D eigenvalue weighted by Crippen LogP contribution is -2.36. The van der Waals surface area contributed by atoms with Crippen molar-refractivity contribution >= 4 is 38.3 Å². The first kappa shape index (κ1) is 19.4. The van der Waals surface area contributed by atoms with Gasteiger partial charge in [0.2, 0.25) is 0 Å². The van der Waals surface area contributed by atoms with Crippen LogP contribution in [0.2, 0.25) is 0 Å². The summed E-state index contributed by atoms with van der Waals surface area (Å²) in [5.74, 6) is 1.64. The number of nitrogens with one attached hydrogen (secondary N) is 1. The first-order chi connectivity index (χ1) is 15.8. The Morgan fingerprint density at radius 2 is 1.94 bits per heavy atom. The van der Waals surface area contributed by atoms with Crippen molar-refractivity contribution in [2.24, 2.45) is 0 Å². The number of aliphatic hydroxyl groups is 1. The van der Waals surface area contributed by atoms with E-state index in [1.54, 1.807) is 11.3 Å². The number of morpholine rings is 1. The average molecular weight is 444 g/mol. The predicted octanol–water partition coefficient (Wildman–Crippen LogP) is 4.23. The molecule has 2 aromatic carbocycles. The molecule has 0 saturated carbocycles. The van der Waals surface area contributed by atoms with E-state index in [1.807, 2.05) is 42.6 Å². The number of hydrogen-bond donors (Lipinski definition) is 2. The number of anilines is 1. The number of aromatic amines is 1. The molecule has 1 aliphatic rings. The average Bonchev–Trinajstić information content (AvgIpc) is 3.51. The van der Waals surface area contributed by atoms with Gasteiger partial charge < -0.3 is 14.7 Å². The molecule has 0 unspecified atom stereocenters. The molecule has 1 fully saturated rings. The zero-order valence-corrected chi connectivity index (χ0v) is 18.1. The van der Waals surface area contributed by atoms with Gasteiger partial charge in [0.1, 0.15) is 0 Å². The van der Waals surface area contributed by atoms with Gasteiger partial charge in [-0.25, -0.2) is 9.97 Å². The quantitative estimate of drug-likeness (QED) is 0.432. The van der Waals surface area contributed by atoms with Gasteiger partial charge in [0.05, 0.1) is 41.8 Å². The lowest BCUT2D eigenvalue weighted by atomic mass is 10.1. The topological polar surface area (TPSA) is 87.2 Å². The monoisotopic (exact) mass is 443 g/mol. The maximum absolute atomic E-state index is 9.55. The van der Waals surface area contributed by atoms with Gasteiger partial charge in [0.15, 0.2) is 11.6 Å². The van der Waals surface area contributed by atoms with E-state index in [4.69, 9.17) is 14.7 Å². The Labute approximate surface area is 188 Å². The van der Waals surface area contributed by atoms with Gasteiger partial charge in [-0.05, 0) is 29.3 Å². The third kappa shape index (κ3) is 3.33. The molecule has 0 spiro atoms. The molecule has 0 bridgehead atoms. The minimum Gasteiger partial charge on any atom is -0.392 e. The molecule has 1 aliphatic heterocycles. The zero-order chi connectivity index (χ0) is 21.5. The summed E-state index contributed by atoms with van der Waals surface area (Å²) >= 11 is 1.69. The fourth-order valence-corrected chi connectivity index (χ4v) is 5.26. The maximum Gasteiger partial charge on any atom is 0.162 e. The smallest absolute Gasteiger partial charge is 0.162 e. The standard InChI is InChI=1S/C24H21N5O2S/c30-14-15-3-1-4-16(11-15)21-12-20-22(32-21)24(29-7-9-31-10-8-29)27-23(26-20)17-5-2-6-19-18(17)13-25-28-19/h1-6,11-13,30H,7-10,14H2,(H,25,28). The fraction of sp³-hybridized carbons (Fsp3) is 0.208. The van der Waals surface area contributed by atoms with Crippen LogP contribution in [0.4, 0.5) is 5.82 Å². The van der Waals surface area contributed by atoms with E-state index in [1.165, 1.54) is 0 Å². The van der Waals surface area contributed by atoms with Gasteiger partial charge in [-0.15, -0.1) is 11.3 Å². The van der Waals surface area contributed by atoms with Gasteiger partial charge >= 0.3 is 0 Å². The fourth-order valence-electron chi connectivity index (χ4n) is 4.15. The Bertz CT molecular complexity index is 1420. The van der Waals surface area contributed by atoms with Crippen molar-refractivity contribution in [2.75, 3.05) is 31.2 Å². The molecular weight excluding hydrogens is 422 g/mol. The molecule has 7 nitrogen and oxygen atoms in total. The number of ether oxygens (including phenoxy) is 1. The molecule has 6 rings (SSSR count). The van der Waals surface area contributed by atoms with E-state index < -0.39 is 0 Å². The first-order valence-electron chi connectivity index (χ1n) is 10.6. The Kier molecular flexibility index (Phi) is 4.83. The van der Waals surface area contributed by atoms with Gasteiger partial charge in [0.25, 0.3) is 0 Å². The first-order valence-corrected chi connectivity index (χ1v) is 11.4. The molecule has 3 aromatic heterocycles. The maximum atomic E-state index is 9.55. The van der Waals surface area contributed by atoms with E-state index in [2.05, 4.69) is 27.2 Å². The number of hydrogen-bond acceptors (Lipinski definition) is 7. The number of thiophene rings is 1. The van der Waals surface area contributed by atoms with Crippen molar-refractivity contribution in [2.45, 2.75) is 6.61 Å². The third-order valence-corrected chi connectivity index (χ3v) is 6.95. The van der Waals surface area contributed by atoms with E-state index in [0.29, 0.717) is 19.0 Å². The predicted molar refractivity (Wildman–Crippen MR) is 127 cm³/mol. The van der Waals surface area contributed by atoms with Crippen molar-refractivity contribution in [3.05, 3.63) is 60.3 Å². The van der Waals surface area contributed by atoms with E-state index in [0.717, 1.165) is 61.6 Å². The summed E-state index contributed by atoms with van der Waals surface area (Å²) in [5, 5.41) is 17.8. The van der Waals surface area contributed by atoms with Crippen LogP contribution in [0, 0.1) is 0 Å². The summed E-state index contributed by atoms with van der Waals surface area (Å²) in [4.78, 5) is 13.4. The van der Waals surface area contributed by atoms with Crippen LogP contribution >= 0.6 is 11.3 Å². The third-order valence-electron chi connectivity index (χ3n) is 5.78. The largest absolute Gasteiger partial charge is 0.392 e. The molecule has 1 saturated heterocycles. The number of fused-ring (bicyclic) bond motifs is 2. The lowest BCUT2D eigenvalue weighted by molar-refractivity contribution is 0.122. The van der Waals surface area contributed by atoms with E-state index in [-0.39, 0.29) is 6.61 Å². The second kappa shape index (κ2) is 7.98. The van der Waals surface area contributed by atoms with Crippen LogP contribution < -0.4 is 4.90 Å². The number of nitrogens with zero attached hydrogens (tertiary/aromatic N) is 4. The van der Waals surface area contributed by atoms with E-state index in [9.17, 15) is 5.11 Å². The van der Waals surface area contributed by atoms with E-state index >= 15 is 0 Å². The molecule has 32 heavy (non-hydrogen) atoms.